The van der Waals surface area contributed by atoms with Gasteiger partial charge in [0.2, 0.25) is 5.91 Å². The number of aryl methyl sites for hydroxylation is 1. The van der Waals surface area contributed by atoms with Crippen LogP contribution in [-0.4, -0.2) is 20.6 Å². The Bertz CT molecular complexity index is 1050. The van der Waals surface area contributed by atoms with E-state index in [1.54, 1.807) is 4.57 Å². The Labute approximate surface area is 162 Å². The summed E-state index contributed by atoms with van der Waals surface area (Å²) in [5.41, 5.74) is 9.40. The number of hydrogen-bond acceptors (Lipinski definition) is 3. The summed E-state index contributed by atoms with van der Waals surface area (Å²) in [6, 6.07) is 10.3. The van der Waals surface area contributed by atoms with Crippen LogP contribution in [-0.2, 0) is 4.79 Å². The second-order valence-electron chi connectivity index (χ2n) is 6.69. The second kappa shape index (κ2) is 7.12. The largest absolute Gasteiger partial charge is 0.505 e. The van der Waals surface area contributed by atoms with E-state index in [9.17, 15) is 14.3 Å². The van der Waals surface area contributed by atoms with Crippen molar-refractivity contribution < 1.29 is 14.3 Å². The van der Waals surface area contributed by atoms with Crippen LogP contribution in [0.15, 0.2) is 36.4 Å². The molecule has 3 aromatic rings. The monoisotopic (exact) mass is 384 g/mol. The molecule has 1 atom stereocenters. The van der Waals surface area contributed by atoms with Crippen molar-refractivity contribution >= 4 is 34.0 Å². The van der Waals surface area contributed by atoms with Crippen LogP contribution >= 0.6 is 12.2 Å². The predicted molar refractivity (Wildman–Crippen MR) is 109 cm³/mol. The lowest BCUT2D eigenvalue weighted by molar-refractivity contribution is -0.119. The van der Waals surface area contributed by atoms with Gasteiger partial charge < -0.3 is 15.4 Å². The first kappa shape index (κ1) is 19.0. The molecule has 0 fully saturated rings. The quantitative estimate of drug-likeness (QED) is 0.659. The van der Waals surface area contributed by atoms with Gasteiger partial charge in [-0.15, -0.1) is 0 Å². The number of phenolic OH excluding ortho intramolecular Hbond substituents is 1. The molecule has 1 amide bonds. The summed E-state index contributed by atoms with van der Waals surface area (Å²) in [5, 5.41) is 10.5. The van der Waals surface area contributed by atoms with E-state index in [-0.39, 0.29) is 0 Å². The molecule has 0 bridgehead atoms. The highest BCUT2D eigenvalue weighted by molar-refractivity contribution is 7.80. The van der Waals surface area contributed by atoms with Crippen molar-refractivity contribution in [1.29, 1.82) is 0 Å². The molecule has 140 valence electrons. The summed E-state index contributed by atoms with van der Waals surface area (Å²) in [6.45, 7) is 5.67. The zero-order chi connectivity index (χ0) is 19.9. The van der Waals surface area contributed by atoms with Crippen LogP contribution in [0.25, 0.3) is 10.9 Å². The average molecular weight is 384 g/mol. The normalized spacial score (nSPS) is 12.3. The molecule has 3 rings (SSSR count). The number of phenols is 1. The maximum atomic E-state index is 14.1. The lowest BCUT2D eigenvalue weighted by Crippen LogP contribution is -2.22. The number of nitrogens with two attached hydrogens (primary N) is 1. The number of fused-ring (bicyclic) bond motifs is 1. The van der Waals surface area contributed by atoms with Gasteiger partial charge in [-0.1, -0.05) is 49.0 Å². The SMILES string of the molecule is CCC(C(N)=O)c1c(C)n(C(=S)c2ccc(C)cc2)c2cc(F)c(O)cc12. The van der Waals surface area contributed by atoms with Crippen LogP contribution in [0.3, 0.4) is 0 Å². The molecule has 2 aromatic carbocycles. The lowest BCUT2D eigenvalue weighted by atomic mass is 9.93. The average Bonchev–Trinajstić information content (AvgIpc) is 2.88. The minimum Gasteiger partial charge on any atom is -0.505 e. The first-order valence-corrected chi connectivity index (χ1v) is 9.11. The minimum atomic E-state index is -0.744. The number of thiocarbonyl (C=S) groups is 1. The Morgan fingerprint density at radius 3 is 2.44 bits per heavy atom. The third-order valence-corrected chi connectivity index (χ3v) is 5.34. The van der Waals surface area contributed by atoms with Gasteiger partial charge in [-0.05, 0) is 31.9 Å². The van der Waals surface area contributed by atoms with Gasteiger partial charge in [0, 0.05) is 22.7 Å². The molecular weight excluding hydrogens is 363 g/mol. The summed E-state index contributed by atoms with van der Waals surface area (Å²) < 4.78 is 15.9. The van der Waals surface area contributed by atoms with Crippen LogP contribution in [0.5, 0.6) is 5.75 Å². The standard InChI is InChI=1S/C21H21FN2O2S/c1-4-14(20(23)26)19-12(3)24(17-10-16(22)18(25)9-15(17)19)21(27)13-7-5-11(2)6-8-13/h5-10,14,25H,4H2,1-3H3,(H2,23,26). The van der Waals surface area contributed by atoms with Gasteiger partial charge >= 0.3 is 0 Å². The van der Waals surface area contributed by atoms with Crippen LogP contribution in [0.4, 0.5) is 4.39 Å². The van der Waals surface area contributed by atoms with Crippen LogP contribution in [0.2, 0.25) is 0 Å². The fourth-order valence-corrected chi connectivity index (χ4v) is 3.89. The molecular formula is C21H21FN2O2S. The minimum absolute atomic E-state index is 0.468. The third-order valence-electron chi connectivity index (χ3n) is 4.92. The van der Waals surface area contributed by atoms with Crippen LogP contribution in [0, 0.1) is 19.7 Å². The van der Waals surface area contributed by atoms with E-state index in [1.165, 1.54) is 12.1 Å². The van der Waals surface area contributed by atoms with Crippen molar-refractivity contribution in [2.24, 2.45) is 5.73 Å². The number of primary amides is 1. The zero-order valence-electron chi connectivity index (χ0n) is 15.4. The molecule has 6 heteroatoms. The summed E-state index contributed by atoms with van der Waals surface area (Å²) in [5.74, 6) is -2.24. The van der Waals surface area contributed by atoms with E-state index >= 15 is 0 Å². The van der Waals surface area contributed by atoms with Gasteiger partial charge in [-0.3, -0.25) is 4.79 Å². The Morgan fingerprint density at radius 2 is 1.89 bits per heavy atom. The molecule has 0 saturated heterocycles. The Morgan fingerprint density at radius 1 is 1.26 bits per heavy atom. The fraction of sp³-hybridized carbons (Fsp3) is 0.238. The molecule has 0 saturated carbocycles. The number of hydrogen-bond donors (Lipinski definition) is 2. The fourth-order valence-electron chi connectivity index (χ4n) is 3.52. The molecule has 0 aliphatic carbocycles. The number of nitrogens with zero attached hydrogens (tertiary/aromatic N) is 1. The molecule has 0 radical (unpaired) electrons. The van der Waals surface area contributed by atoms with Crippen LogP contribution < -0.4 is 5.73 Å². The number of halogens is 1. The Hall–Kier alpha value is -2.73. The molecule has 4 nitrogen and oxygen atoms in total. The number of carbonyl (C=O) groups excluding carboxylic acids is 1. The number of amides is 1. The summed E-state index contributed by atoms with van der Waals surface area (Å²) in [6.07, 6.45) is 0.491. The van der Waals surface area contributed by atoms with Gasteiger partial charge in [0.1, 0.15) is 4.99 Å². The van der Waals surface area contributed by atoms with Crippen molar-refractivity contribution in [2.45, 2.75) is 33.1 Å². The number of aromatic nitrogens is 1. The van der Waals surface area contributed by atoms with Gasteiger partial charge in [0.05, 0.1) is 11.4 Å². The summed E-state index contributed by atoms with van der Waals surface area (Å²) in [4.78, 5) is 12.5. The van der Waals surface area contributed by atoms with Crippen molar-refractivity contribution in [2.75, 3.05) is 0 Å². The highest BCUT2D eigenvalue weighted by Crippen LogP contribution is 2.37. The molecule has 3 N–H and O–H groups in total. The van der Waals surface area contributed by atoms with Gasteiger partial charge in [-0.25, -0.2) is 4.39 Å². The van der Waals surface area contributed by atoms with E-state index in [4.69, 9.17) is 18.0 Å². The van der Waals surface area contributed by atoms with E-state index < -0.39 is 23.4 Å². The lowest BCUT2D eigenvalue weighted by Gasteiger charge is -2.14. The molecule has 27 heavy (non-hydrogen) atoms. The number of aromatic hydroxyl groups is 1. The van der Waals surface area contributed by atoms with Crippen LogP contribution in [0.1, 0.15) is 41.6 Å². The molecule has 1 heterocycles. The maximum absolute atomic E-state index is 14.1. The smallest absolute Gasteiger partial charge is 0.225 e. The van der Waals surface area contributed by atoms with Crippen molar-refractivity contribution in [3.05, 3.63) is 64.6 Å². The maximum Gasteiger partial charge on any atom is 0.225 e. The molecule has 0 aliphatic rings. The molecule has 0 spiro atoms. The molecule has 1 aromatic heterocycles. The summed E-state index contributed by atoms with van der Waals surface area (Å²) in [7, 11) is 0. The second-order valence-corrected chi connectivity index (χ2v) is 7.08. The summed E-state index contributed by atoms with van der Waals surface area (Å²) >= 11 is 5.69. The van der Waals surface area contributed by atoms with E-state index in [0.717, 1.165) is 11.1 Å². The number of carbonyl (C=O) groups is 1. The van der Waals surface area contributed by atoms with Crippen molar-refractivity contribution in [3.8, 4) is 5.75 Å². The van der Waals surface area contributed by atoms with E-state index in [0.29, 0.717) is 33.6 Å². The first-order valence-electron chi connectivity index (χ1n) is 8.70. The highest BCUT2D eigenvalue weighted by Gasteiger charge is 2.27. The van der Waals surface area contributed by atoms with E-state index in [2.05, 4.69) is 0 Å². The molecule has 1 unspecified atom stereocenters. The topological polar surface area (TPSA) is 68.2 Å². The number of benzene rings is 2. The Kier molecular flexibility index (Phi) is 5.02. The third kappa shape index (κ3) is 3.21. The Balaban J connectivity index is 2.34. The van der Waals surface area contributed by atoms with Crippen molar-refractivity contribution in [1.82, 2.24) is 4.57 Å². The van der Waals surface area contributed by atoms with Gasteiger partial charge in [-0.2, -0.15) is 0 Å². The van der Waals surface area contributed by atoms with Gasteiger partial charge in [0.25, 0.3) is 0 Å². The highest BCUT2D eigenvalue weighted by atomic mass is 32.1. The predicted octanol–water partition coefficient (Wildman–Crippen LogP) is 4.31. The first-order chi connectivity index (χ1) is 12.8. The van der Waals surface area contributed by atoms with Gasteiger partial charge in [0.15, 0.2) is 11.6 Å². The number of rotatable bonds is 4. The zero-order valence-corrected chi connectivity index (χ0v) is 16.2. The molecule has 0 aliphatic heterocycles. The van der Waals surface area contributed by atoms with E-state index in [1.807, 2.05) is 45.0 Å². The van der Waals surface area contributed by atoms with Crippen molar-refractivity contribution in [3.63, 3.8) is 0 Å².